The molecule has 0 radical (unpaired) electrons. The second-order valence-corrected chi connectivity index (χ2v) is 4.59. The van der Waals surface area contributed by atoms with Crippen LogP contribution >= 0.6 is 0 Å². The molecule has 0 heterocycles. The molecule has 16 heavy (non-hydrogen) atoms. The first-order valence-electron chi connectivity index (χ1n) is 6.36. The van der Waals surface area contributed by atoms with Gasteiger partial charge in [0.2, 0.25) is 0 Å². The average molecular weight is 218 g/mol. The van der Waals surface area contributed by atoms with Gasteiger partial charge in [-0.15, -0.1) is 0 Å². The van der Waals surface area contributed by atoms with E-state index in [0.717, 1.165) is 19.6 Å². The van der Waals surface area contributed by atoms with Gasteiger partial charge in [0.15, 0.2) is 0 Å². The summed E-state index contributed by atoms with van der Waals surface area (Å²) in [5, 5.41) is 6.45. The summed E-state index contributed by atoms with van der Waals surface area (Å²) in [7, 11) is 1.96. The van der Waals surface area contributed by atoms with E-state index in [1.165, 1.54) is 31.2 Å². The summed E-state index contributed by atoms with van der Waals surface area (Å²) in [5.41, 5.74) is 4.65. The predicted octanol–water partition coefficient (Wildman–Crippen LogP) is 1.87. The first-order valence-corrected chi connectivity index (χ1v) is 6.36. The lowest BCUT2D eigenvalue weighted by molar-refractivity contribution is 0.629. The average Bonchev–Trinajstić information content (AvgIpc) is 2.34. The van der Waals surface area contributed by atoms with Crippen molar-refractivity contribution in [2.24, 2.45) is 0 Å². The number of hydrogen-bond acceptors (Lipinski definition) is 2. The van der Waals surface area contributed by atoms with Gasteiger partial charge in [-0.1, -0.05) is 18.2 Å². The van der Waals surface area contributed by atoms with Gasteiger partial charge in [0.25, 0.3) is 0 Å². The molecule has 0 bridgehead atoms. The summed E-state index contributed by atoms with van der Waals surface area (Å²) in [4.78, 5) is 0. The van der Waals surface area contributed by atoms with E-state index in [1.54, 1.807) is 11.1 Å². The molecule has 0 unspecified atom stereocenters. The van der Waals surface area contributed by atoms with E-state index >= 15 is 0 Å². The van der Waals surface area contributed by atoms with Gasteiger partial charge in [-0.3, -0.25) is 0 Å². The molecule has 1 aliphatic rings. The predicted molar refractivity (Wildman–Crippen MR) is 68.7 cm³/mol. The van der Waals surface area contributed by atoms with Gasteiger partial charge in [0.05, 0.1) is 0 Å². The zero-order chi connectivity index (χ0) is 11.2. The fraction of sp³-hybridized carbons (Fsp3) is 0.571. The van der Waals surface area contributed by atoms with Crippen LogP contribution in [0.2, 0.25) is 0 Å². The number of aryl methyl sites for hydroxylation is 2. The molecule has 2 N–H and O–H groups in total. The molecule has 1 aromatic carbocycles. The summed E-state index contributed by atoms with van der Waals surface area (Å²) in [6.07, 6.45) is 6.44. The third-order valence-electron chi connectivity index (χ3n) is 3.31. The summed E-state index contributed by atoms with van der Waals surface area (Å²) in [6, 6.07) is 7.04. The first-order chi connectivity index (χ1) is 7.90. The zero-order valence-corrected chi connectivity index (χ0v) is 10.2. The summed E-state index contributed by atoms with van der Waals surface area (Å²) in [6.45, 7) is 1.95. The van der Waals surface area contributed by atoms with Crippen LogP contribution < -0.4 is 10.6 Å². The highest BCUT2D eigenvalue weighted by atomic mass is 15.0. The molecule has 0 spiro atoms. The minimum Gasteiger partial charge on any atom is -0.308 e. The van der Waals surface area contributed by atoms with Crippen LogP contribution in [0.4, 0.5) is 0 Å². The lowest BCUT2D eigenvalue weighted by atomic mass is 9.90. The minimum atomic E-state index is 0.894. The van der Waals surface area contributed by atoms with Crippen molar-refractivity contribution < 1.29 is 0 Å². The van der Waals surface area contributed by atoms with Crippen molar-refractivity contribution in [3.8, 4) is 0 Å². The Bertz CT molecular complexity index is 334. The number of hydrogen-bond donors (Lipinski definition) is 2. The third kappa shape index (κ3) is 3.06. The summed E-state index contributed by atoms with van der Waals surface area (Å²) >= 11 is 0. The quantitative estimate of drug-likeness (QED) is 0.582. The van der Waals surface area contributed by atoms with E-state index < -0.39 is 0 Å². The Morgan fingerprint density at radius 3 is 2.75 bits per heavy atom. The molecule has 2 heteroatoms. The lowest BCUT2D eigenvalue weighted by Gasteiger charge is -2.16. The van der Waals surface area contributed by atoms with Crippen LogP contribution in [0, 0.1) is 0 Å². The number of benzene rings is 1. The molecule has 88 valence electrons. The minimum absolute atomic E-state index is 0.894. The fourth-order valence-corrected chi connectivity index (χ4v) is 2.39. The van der Waals surface area contributed by atoms with E-state index in [-0.39, 0.29) is 0 Å². The Balaban J connectivity index is 1.90. The lowest BCUT2D eigenvalue weighted by Crippen LogP contribution is -2.27. The molecule has 0 saturated heterocycles. The van der Waals surface area contributed by atoms with Gasteiger partial charge in [-0.2, -0.15) is 0 Å². The van der Waals surface area contributed by atoms with Crippen molar-refractivity contribution in [3.63, 3.8) is 0 Å². The second kappa shape index (κ2) is 6.02. The Labute approximate surface area is 98.4 Å². The Kier molecular flexibility index (Phi) is 4.37. The van der Waals surface area contributed by atoms with Gasteiger partial charge in [0.1, 0.15) is 0 Å². The van der Waals surface area contributed by atoms with Crippen LogP contribution in [0.3, 0.4) is 0 Å². The van der Waals surface area contributed by atoms with Gasteiger partial charge in [-0.25, -0.2) is 0 Å². The van der Waals surface area contributed by atoms with Gasteiger partial charge >= 0.3 is 0 Å². The molecule has 0 amide bonds. The van der Waals surface area contributed by atoms with Crippen molar-refractivity contribution in [3.05, 3.63) is 34.9 Å². The molecular weight excluding hydrogens is 196 g/mol. The Morgan fingerprint density at radius 1 is 1.12 bits per heavy atom. The van der Waals surface area contributed by atoms with E-state index in [4.69, 9.17) is 0 Å². The van der Waals surface area contributed by atoms with Gasteiger partial charge in [-0.05, 0) is 55.8 Å². The van der Waals surface area contributed by atoms with Crippen molar-refractivity contribution in [1.82, 2.24) is 10.6 Å². The Hall–Kier alpha value is -0.860. The topological polar surface area (TPSA) is 24.1 Å². The monoisotopic (exact) mass is 218 g/mol. The zero-order valence-electron chi connectivity index (χ0n) is 10.2. The number of fused-ring (bicyclic) bond motifs is 1. The maximum Gasteiger partial charge on any atom is 0.0451 e. The molecule has 0 fully saturated rings. The first kappa shape index (κ1) is 11.6. The van der Waals surface area contributed by atoms with Crippen LogP contribution in [0.5, 0.6) is 0 Å². The summed E-state index contributed by atoms with van der Waals surface area (Å²) in [5.74, 6) is 0. The van der Waals surface area contributed by atoms with E-state index in [2.05, 4.69) is 28.8 Å². The molecule has 1 aromatic rings. The van der Waals surface area contributed by atoms with E-state index in [1.807, 2.05) is 7.05 Å². The maximum absolute atomic E-state index is 3.35. The van der Waals surface area contributed by atoms with Crippen LogP contribution in [0.25, 0.3) is 0 Å². The van der Waals surface area contributed by atoms with Gasteiger partial charge < -0.3 is 10.6 Å². The fourth-order valence-electron chi connectivity index (χ4n) is 2.39. The molecule has 2 rings (SSSR count). The smallest absolute Gasteiger partial charge is 0.0451 e. The highest BCUT2D eigenvalue weighted by molar-refractivity contribution is 5.33. The molecule has 0 saturated carbocycles. The standard InChI is InChI=1S/C14H22N2/c1-15-11-16-9-8-12-6-7-13-4-2-3-5-14(13)10-12/h6-7,10,15-16H,2-5,8-9,11H2,1H3. The Morgan fingerprint density at radius 2 is 1.94 bits per heavy atom. The molecule has 0 atom stereocenters. The van der Waals surface area contributed by atoms with Crippen LogP contribution in [-0.4, -0.2) is 20.3 Å². The van der Waals surface area contributed by atoms with Crippen molar-refractivity contribution in [1.29, 1.82) is 0 Å². The third-order valence-corrected chi connectivity index (χ3v) is 3.31. The van der Waals surface area contributed by atoms with Crippen LogP contribution in [-0.2, 0) is 19.3 Å². The van der Waals surface area contributed by atoms with Crippen molar-refractivity contribution in [2.75, 3.05) is 20.3 Å². The van der Waals surface area contributed by atoms with Gasteiger partial charge in [0, 0.05) is 13.2 Å². The maximum atomic E-state index is 3.35. The molecular formula is C14H22N2. The number of rotatable bonds is 5. The molecule has 1 aliphatic carbocycles. The van der Waals surface area contributed by atoms with Crippen molar-refractivity contribution in [2.45, 2.75) is 32.1 Å². The highest BCUT2D eigenvalue weighted by Gasteiger charge is 2.08. The SMILES string of the molecule is CNCNCCc1ccc2c(c1)CCCC2. The van der Waals surface area contributed by atoms with E-state index in [0.29, 0.717) is 0 Å². The molecule has 2 nitrogen and oxygen atoms in total. The van der Waals surface area contributed by atoms with E-state index in [9.17, 15) is 0 Å². The molecule has 0 aliphatic heterocycles. The van der Waals surface area contributed by atoms with Crippen LogP contribution in [0.15, 0.2) is 18.2 Å². The largest absolute Gasteiger partial charge is 0.308 e. The molecule has 0 aromatic heterocycles. The number of nitrogens with one attached hydrogen (secondary N) is 2. The van der Waals surface area contributed by atoms with Crippen molar-refractivity contribution >= 4 is 0 Å². The highest BCUT2D eigenvalue weighted by Crippen LogP contribution is 2.22. The van der Waals surface area contributed by atoms with Crippen LogP contribution in [0.1, 0.15) is 29.5 Å². The second-order valence-electron chi connectivity index (χ2n) is 4.59. The normalized spacial score (nSPS) is 14.8. The summed E-state index contributed by atoms with van der Waals surface area (Å²) < 4.78 is 0.